The van der Waals surface area contributed by atoms with Crippen molar-refractivity contribution in [1.29, 1.82) is 0 Å². The summed E-state index contributed by atoms with van der Waals surface area (Å²) < 4.78 is 10.5. The third kappa shape index (κ3) is 3.75. The van der Waals surface area contributed by atoms with Crippen molar-refractivity contribution < 1.29 is 34.3 Å². The maximum atomic E-state index is 11.8. The van der Waals surface area contributed by atoms with Crippen molar-refractivity contribution in [1.82, 2.24) is 0 Å². The third-order valence-corrected chi connectivity index (χ3v) is 4.40. The molecule has 0 aromatic rings. The highest BCUT2D eigenvalue weighted by molar-refractivity contribution is 5.91. The first-order valence-electron chi connectivity index (χ1n) is 7.65. The van der Waals surface area contributed by atoms with Gasteiger partial charge in [0, 0.05) is 18.9 Å². The largest absolute Gasteiger partial charge is 0.458 e. The minimum Gasteiger partial charge on any atom is -0.458 e. The molecule has 24 heavy (non-hydrogen) atoms. The van der Waals surface area contributed by atoms with Crippen molar-refractivity contribution >= 4 is 11.9 Å². The van der Waals surface area contributed by atoms with Crippen molar-refractivity contribution in [2.75, 3.05) is 0 Å². The normalized spacial score (nSPS) is 36.4. The van der Waals surface area contributed by atoms with E-state index in [0.29, 0.717) is 11.1 Å². The van der Waals surface area contributed by atoms with E-state index in [4.69, 9.17) is 14.7 Å². The molecule has 7 nitrogen and oxygen atoms in total. The van der Waals surface area contributed by atoms with Crippen LogP contribution in [0.5, 0.6) is 0 Å². The molecule has 0 spiro atoms. The molecule has 0 unspecified atom stereocenters. The number of rotatable bonds is 2. The molecule has 1 saturated heterocycles. The molecule has 5 atom stereocenters. The fourth-order valence-electron chi connectivity index (χ4n) is 3.10. The molecule has 1 aliphatic carbocycles. The quantitative estimate of drug-likeness (QED) is 0.259. The van der Waals surface area contributed by atoms with Gasteiger partial charge in [0.15, 0.2) is 0 Å². The monoisotopic (exact) mass is 338 g/mol. The lowest BCUT2D eigenvalue weighted by Gasteiger charge is -2.29. The number of carbonyl (C=O) groups is 2. The minimum absolute atomic E-state index is 0.0851. The van der Waals surface area contributed by atoms with E-state index >= 15 is 0 Å². The molecule has 2 aliphatic rings. The number of hydrogen-bond donors (Lipinski definition) is 2. The molecular formula is C17H22O7. The Morgan fingerprint density at radius 3 is 2.62 bits per heavy atom. The molecule has 7 heteroatoms. The average Bonchev–Trinajstić information content (AvgIpc) is 2.76. The molecule has 2 rings (SSSR count). The van der Waals surface area contributed by atoms with Gasteiger partial charge in [-0.05, 0) is 30.6 Å². The second-order valence-corrected chi connectivity index (χ2v) is 6.19. The number of hydrogen-bond acceptors (Lipinski definition) is 7. The summed E-state index contributed by atoms with van der Waals surface area (Å²) in [6, 6.07) is 0. The first kappa shape index (κ1) is 18.4. The predicted octanol–water partition coefficient (Wildman–Crippen LogP) is 1.53. The number of fused-ring (bicyclic) bond motifs is 1. The topological polar surface area (TPSA) is 102 Å². The van der Waals surface area contributed by atoms with E-state index in [1.165, 1.54) is 6.92 Å². The van der Waals surface area contributed by atoms with Crippen LogP contribution in [0.4, 0.5) is 0 Å². The fraction of sp³-hybridized carbons (Fsp3) is 0.529. The zero-order valence-electron chi connectivity index (χ0n) is 13.7. The van der Waals surface area contributed by atoms with E-state index in [-0.39, 0.29) is 18.4 Å². The van der Waals surface area contributed by atoms with Gasteiger partial charge in [-0.2, -0.15) is 0 Å². The maximum absolute atomic E-state index is 11.8. The summed E-state index contributed by atoms with van der Waals surface area (Å²) in [5.74, 6) is -1.70. The summed E-state index contributed by atoms with van der Waals surface area (Å²) in [5, 5.41) is 19.6. The van der Waals surface area contributed by atoms with E-state index in [2.05, 4.69) is 18.0 Å². The molecule has 1 aliphatic heterocycles. The van der Waals surface area contributed by atoms with Crippen LogP contribution in [0.1, 0.15) is 26.7 Å². The average molecular weight is 338 g/mol. The Hall–Kier alpha value is -1.96. The lowest BCUT2D eigenvalue weighted by Crippen LogP contribution is -2.34. The Kier molecular flexibility index (Phi) is 5.58. The van der Waals surface area contributed by atoms with Crippen LogP contribution in [0, 0.1) is 5.92 Å². The molecular weight excluding hydrogens is 316 g/mol. The van der Waals surface area contributed by atoms with E-state index in [0.717, 1.165) is 0 Å². The smallest absolute Gasteiger partial charge is 0.334 e. The standard InChI is InChI=1S/C17H22O7/c1-8-5-12(19)16-10(3)17(20)23-15(16)6-9(2)13(22-11(4)18)7-14(8)24-21/h6,12-16,19,21H,1,3,5,7H2,2,4H3/b9-6-/t12-,13+,14-,15-,16-/m1/s1. The molecule has 0 bridgehead atoms. The second kappa shape index (κ2) is 7.29. The van der Waals surface area contributed by atoms with Gasteiger partial charge < -0.3 is 14.6 Å². The van der Waals surface area contributed by atoms with Crippen LogP contribution in [0.15, 0.2) is 36.0 Å². The van der Waals surface area contributed by atoms with Gasteiger partial charge in [-0.3, -0.25) is 10.1 Å². The lowest BCUT2D eigenvalue weighted by atomic mass is 9.83. The summed E-state index contributed by atoms with van der Waals surface area (Å²) in [6.07, 6.45) is -1.31. The highest BCUT2D eigenvalue weighted by Crippen LogP contribution is 2.36. The van der Waals surface area contributed by atoms with Crippen LogP contribution < -0.4 is 0 Å². The Morgan fingerprint density at radius 1 is 1.38 bits per heavy atom. The van der Waals surface area contributed by atoms with Gasteiger partial charge in [0.2, 0.25) is 0 Å². The molecule has 132 valence electrons. The number of aliphatic hydroxyl groups is 1. The van der Waals surface area contributed by atoms with Crippen molar-refractivity contribution in [3.05, 3.63) is 36.0 Å². The summed E-state index contributed by atoms with van der Waals surface area (Å²) in [5.41, 5.74) is 1.21. The van der Waals surface area contributed by atoms with Crippen molar-refractivity contribution in [2.45, 2.75) is 51.1 Å². The minimum atomic E-state index is -0.964. The highest BCUT2D eigenvalue weighted by Gasteiger charge is 2.43. The van der Waals surface area contributed by atoms with E-state index in [9.17, 15) is 14.7 Å². The van der Waals surface area contributed by atoms with Crippen LogP contribution in [-0.4, -0.2) is 46.7 Å². The first-order chi connectivity index (χ1) is 11.2. The van der Waals surface area contributed by atoms with E-state index < -0.39 is 42.3 Å². The molecule has 2 N–H and O–H groups in total. The van der Waals surface area contributed by atoms with Gasteiger partial charge in [-0.15, -0.1) is 0 Å². The van der Waals surface area contributed by atoms with Crippen LogP contribution in [0.3, 0.4) is 0 Å². The summed E-state index contributed by atoms with van der Waals surface area (Å²) in [7, 11) is 0. The molecule has 1 heterocycles. The molecule has 0 amide bonds. The summed E-state index contributed by atoms with van der Waals surface area (Å²) >= 11 is 0. The fourth-order valence-corrected chi connectivity index (χ4v) is 3.10. The van der Waals surface area contributed by atoms with E-state index in [1.807, 2.05) is 0 Å². The SMILES string of the molecule is C=C1C(=O)O[C@@H]2/C=C(/C)[C@@H](OC(C)=O)C[C@@H](OO)C(=C)C[C@@H](O)[C@@H]12. The van der Waals surface area contributed by atoms with Crippen LogP contribution in [0.2, 0.25) is 0 Å². The second-order valence-electron chi connectivity index (χ2n) is 6.19. The van der Waals surface area contributed by atoms with Gasteiger partial charge in [0.05, 0.1) is 12.0 Å². The number of esters is 2. The number of carbonyl (C=O) groups excluding carboxylic acids is 2. The predicted molar refractivity (Wildman–Crippen MR) is 83.7 cm³/mol. The first-order valence-corrected chi connectivity index (χ1v) is 7.65. The maximum Gasteiger partial charge on any atom is 0.334 e. The van der Waals surface area contributed by atoms with Gasteiger partial charge in [-0.25, -0.2) is 9.68 Å². The lowest BCUT2D eigenvalue weighted by molar-refractivity contribution is -0.273. The van der Waals surface area contributed by atoms with Gasteiger partial charge in [0.1, 0.15) is 18.3 Å². The molecule has 0 radical (unpaired) electrons. The molecule has 1 fully saturated rings. The van der Waals surface area contributed by atoms with E-state index in [1.54, 1.807) is 13.0 Å². The molecule has 0 aromatic carbocycles. The summed E-state index contributed by atoms with van der Waals surface area (Å²) in [4.78, 5) is 27.6. The third-order valence-electron chi connectivity index (χ3n) is 4.40. The zero-order chi connectivity index (χ0) is 18.0. The van der Waals surface area contributed by atoms with Crippen LogP contribution in [0.25, 0.3) is 0 Å². The molecule has 0 aromatic heterocycles. The van der Waals surface area contributed by atoms with Gasteiger partial charge in [0.25, 0.3) is 0 Å². The van der Waals surface area contributed by atoms with Gasteiger partial charge in [-0.1, -0.05) is 13.2 Å². The number of ether oxygens (including phenoxy) is 2. The van der Waals surface area contributed by atoms with Gasteiger partial charge >= 0.3 is 11.9 Å². The summed E-state index contributed by atoms with van der Waals surface area (Å²) in [6.45, 7) is 10.5. The Bertz CT molecular complexity index is 592. The van der Waals surface area contributed by atoms with Crippen molar-refractivity contribution in [2.24, 2.45) is 5.92 Å². The Labute approximate surface area is 140 Å². The molecule has 0 saturated carbocycles. The van der Waals surface area contributed by atoms with Crippen LogP contribution >= 0.6 is 0 Å². The number of aliphatic hydroxyl groups excluding tert-OH is 1. The highest BCUT2D eigenvalue weighted by atomic mass is 17.1. The Morgan fingerprint density at radius 2 is 2.04 bits per heavy atom. The van der Waals surface area contributed by atoms with Crippen molar-refractivity contribution in [3.63, 3.8) is 0 Å². The zero-order valence-corrected chi connectivity index (χ0v) is 13.7. The van der Waals surface area contributed by atoms with Crippen LogP contribution in [-0.2, 0) is 24.0 Å². The van der Waals surface area contributed by atoms with Crippen molar-refractivity contribution in [3.8, 4) is 0 Å². The Balaban J connectivity index is 2.42.